The molecule has 4 saturated heterocycles. The van der Waals surface area contributed by atoms with Crippen molar-refractivity contribution in [1.29, 1.82) is 0 Å². The van der Waals surface area contributed by atoms with Gasteiger partial charge in [0, 0.05) is 114 Å². The number of pyridine rings is 1. The number of carbonyl (C=O) groups excluding carboxylic acids is 2. The lowest BCUT2D eigenvalue weighted by Crippen LogP contribution is -2.50. The van der Waals surface area contributed by atoms with Gasteiger partial charge < -0.3 is 38.9 Å². The van der Waals surface area contributed by atoms with E-state index >= 15 is 8.78 Å². The van der Waals surface area contributed by atoms with Crippen molar-refractivity contribution in [3.63, 3.8) is 0 Å². The second kappa shape index (κ2) is 19.9. The Balaban J connectivity index is 0.747. The first-order valence-corrected chi connectivity index (χ1v) is 25.8. The molecule has 7 heterocycles. The Kier molecular flexibility index (Phi) is 13.3. The average Bonchev–Trinajstić information content (AvgIpc) is 4.12. The van der Waals surface area contributed by atoms with Crippen LogP contribution in [0, 0.1) is 35.3 Å². The number of aryl methyl sites for hydroxylation is 1. The highest BCUT2D eigenvalue weighted by Gasteiger charge is 2.46. The number of imidazole rings is 1. The molecule has 0 spiro atoms. The maximum Gasteiger partial charge on any atom is 0.329 e. The molecule has 6 aromatic rings. The molecule has 1 unspecified atom stereocenters. The van der Waals surface area contributed by atoms with Crippen LogP contribution in [-0.2, 0) is 21.4 Å². The van der Waals surface area contributed by atoms with Crippen molar-refractivity contribution in [2.24, 2.45) is 18.4 Å². The van der Waals surface area contributed by atoms with Crippen molar-refractivity contribution in [1.82, 2.24) is 39.2 Å². The van der Waals surface area contributed by atoms with E-state index in [-0.39, 0.29) is 65.1 Å². The summed E-state index contributed by atoms with van der Waals surface area (Å²) >= 11 is 0. The Bertz CT molecular complexity index is 3280. The topological polar surface area (TPSA) is 173 Å². The molecule has 0 bridgehead atoms. The van der Waals surface area contributed by atoms with Crippen LogP contribution in [0.4, 0.5) is 20.3 Å². The van der Waals surface area contributed by atoms with Crippen LogP contribution in [0.5, 0.6) is 11.8 Å². The van der Waals surface area contributed by atoms with Gasteiger partial charge >= 0.3 is 11.7 Å². The highest BCUT2D eigenvalue weighted by Crippen LogP contribution is 2.47. The summed E-state index contributed by atoms with van der Waals surface area (Å²) in [6, 6.07) is 11.4. The van der Waals surface area contributed by atoms with Crippen molar-refractivity contribution in [3.8, 4) is 35.4 Å². The van der Waals surface area contributed by atoms with Crippen LogP contribution in [0.1, 0.15) is 69.9 Å². The molecule has 388 valence electrons. The second-order valence-corrected chi connectivity index (χ2v) is 21.4. The number of β-amino-alcohol motifs (C(OH)–C–C–N with tert-alkyl or cyclic N) is 1. The smallest absolute Gasteiger partial charge is 0.329 e. The van der Waals surface area contributed by atoms with Gasteiger partial charge in [-0.2, -0.15) is 9.97 Å². The Labute approximate surface area is 427 Å². The van der Waals surface area contributed by atoms with Gasteiger partial charge in [0.1, 0.15) is 34.6 Å². The Morgan fingerprint density at radius 2 is 1.69 bits per heavy atom. The molecule has 19 heteroatoms. The number of piperazine rings is 1. The van der Waals surface area contributed by atoms with Gasteiger partial charge in [-0.25, -0.2) is 13.6 Å². The fourth-order valence-electron chi connectivity index (χ4n) is 11.7. The number of fused-ring (bicyclic) bond motifs is 3. The van der Waals surface area contributed by atoms with Crippen molar-refractivity contribution >= 4 is 56.0 Å². The van der Waals surface area contributed by atoms with Crippen molar-refractivity contribution < 1.29 is 37.7 Å². The van der Waals surface area contributed by atoms with Gasteiger partial charge in [0.2, 0.25) is 11.8 Å². The average molecular weight is 1010 g/mol. The number of anilines is 2. The minimum atomic E-state index is -0.988. The molecule has 2 atom stereocenters. The van der Waals surface area contributed by atoms with Gasteiger partial charge in [-0.1, -0.05) is 12.0 Å². The minimum Gasteiger partial charge on any atom is -0.468 e. The van der Waals surface area contributed by atoms with Crippen molar-refractivity contribution in [2.45, 2.75) is 69.9 Å². The highest BCUT2D eigenvalue weighted by atomic mass is 19.1. The predicted molar refractivity (Wildman–Crippen MR) is 276 cm³/mol. The number of rotatable bonds is 14. The van der Waals surface area contributed by atoms with Gasteiger partial charge in [-0.05, 0) is 99.6 Å². The predicted octanol–water partition coefficient (Wildman–Crippen LogP) is 5.76. The number of amides is 2. The number of hydrogen-bond acceptors (Lipinski definition) is 14. The van der Waals surface area contributed by atoms with E-state index in [2.05, 4.69) is 30.9 Å². The number of terminal acetylenes is 1. The quantitative estimate of drug-likeness (QED) is 0.0766. The molecule has 11 rings (SSSR count). The summed E-state index contributed by atoms with van der Waals surface area (Å²) in [4.78, 5) is 61.4. The molecule has 1 aliphatic carbocycles. The summed E-state index contributed by atoms with van der Waals surface area (Å²) in [5.74, 6) is 1.67. The molecule has 4 aliphatic heterocycles. The maximum atomic E-state index is 17.4. The van der Waals surface area contributed by atoms with Gasteiger partial charge in [-0.15, -0.1) is 6.42 Å². The fourth-order valence-corrected chi connectivity index (χ4v) is 11.7. The van der Waals surface area contributed by atoms with E-state index in [9.17, 15) is 19.5 Å². The monoisotopic (exact) mass is 1010 g/mol. The zero-order valence-corrected chi connectivity index (χ0v) is 42.2. The van der Waals surface area contributed by atoms with E-state index in [0.717, 1.165) is 89.2 Å². The first-order chi connectivity index (χ1) is 35.7. The maximum absolute atomic E-state index is 17.4. The third-order valence-electron chi connectivity index (χ3n) is 16.0. The molecule has 74 heavy (non-hydrogen) atoms. The van der Waals surface area contributed by atoms with Crippen molar-refractivity contribution in [3.05, 3.63) is 76.3 Å². The van der Waals surface area contributed by atoms with Crippen LogP contribution in [0.15, 0.2) is 53.5 Å². The number of nitrogens with zero attached hydrogens (tertiary/aromatic N) is 9. The molecule has 5 fully saturated rings. The van der Waals surface area contributed by atoms with E-state index in [4.69, 9.17) is 30.6 Å². The van der Waals surface area contributed by atoms with Gasteiger partial charge in [0.15, 0.2) is 12.6 Å². The summed E-state index contributed by atoms with van der Waals surface area (Å²) < 4.78 is 53.1. The van der Waals surface area contributed by atoms with Crippen LogP contribution in [0.2, 0.25) is 0 Å². The number of methoxy groups -OCH3 is 1. The number of carbonyl (C=O) groups is 2. The van der Waals surface area contributed by atoms with Gasteiger partial charge in [-0.3, -0.25) is 29.0 Å². The number of piperidine rings is 3. The summed E-state index contributed by atoms with van der Waals surface area (Å²) in [5.41, 5.74) is 1.26. The zero-order valence-electron chi connectivity index (χ0n) is 42.2. The van der Waals surface area contributed by atoms with E-state index in [1.807, 2.05) is 23.1 Å². The number of halogens is 2. The van der Waals surface area contributed by atoms with Crippen LogP contribution < -0.4 is 30.3 Å². The normalized spacial score (nSPS) is 21.9. The number of ether oxygens (including phenoxy) is 3. The molecule has 2 N–H and O–H groups in total. The molecule has 5 aliphatic rings. The molecule has 3 aromatic heterocycles. The fraction of sp³-hybridized carbons (Fsp3) is 0.491. The first-order valence-electron chi connectivity index (χ1n) is 25.8. The van der Waals surface area contributed by atoms with E-state index in [1.165, 1.54) is 23.9 Å². The lowest BCUT2D eigenvalue weighted by atomic mass is 9.94. The SMILES string of the molecule is C#Cc1c(F)ccc2cc(OCOC)cc(-c3ncc4c(N5CCC[C@@](C)(O)C5)nc(OCC5(CN6CCN(CC7CCN(c8ccc9c(c8)n(C)c(=O)n9C8CCC(=O)NC8=O)CC7)CC6)CC5)nc4c3F)c12. The molecule has 17 nitrogen and oxygen atoms in total. The van der Waals surface area contributed by atoms with E-state index in [1.54, 1.807) is 36.7 Å². The number of nitrogens with one attached hydrogen (secondary N) is 1. The highest BCUT2D eigenvalue weighted by molar-refractivity contribution is 6.03. The second-order valence-electron chi connectivity index (χ2n) is 21.4. The number of benzene rings is 3. The lowest BCUT2D eigenvalue weighted by molar-refractivity contribution is -0.135. The summed E-state index contributed by atoms with van der Waals surface area (Å²) in [6.07, 6.45) is 13.3. The van der Waals surface area contributed by atoms with Crippen LogP contribution in [0.25, 0.3) is 44.0 Å². The molecular formula is C55H62F2N10O7. The number of aromatic nitrogens is 5. The van der Waals surface area contributed by atoms with E-state index in [0.29, 0.717) is 71.6 Å². The summed E-state index contributed by atoms with van der Waals surface area (Å²) in [5, 5.41) is 14.7. The third-order valence-corrected chi connectivity index (χ3v) is 16.0. The minimum absolute atomic E-state index is 0.0178. The lowest BCUT2D eigenvalue weighted by Gasteiger charge is -2.40. The van der Waals surface area contributed by atoms with Crippen molar-refractivity contribution in [2.75, 3.05) is 95.8 Å². The summed E-state index contributed by atoms with van der Waals surface area (Å²) in [7, 11) is 3.22. The Morgan fingerprint density at radius 3 is 2.42 bits per heavy atom. The van der Waals surface area contributed by atoms with Crippen LogP contribution in [-0.4, -0.2) is 142 Å². The van der Waals surface area contributed by atoms with E-state index < -0.39 is 29.2 Å². The van der Waals surface area contributed by atoms with Crippen LogP contribution >= 0.6 is 0 Å². The number of aliphatic hydroxyl groups is 1. The molecule has 0 radical (unpaired) electrons. The molecule has 2 amide bonds. The molecular weight excluding hydrogens is 951 g/mol. The Morgan fingerprint density at radius 1 is 0.905 bits per heavy atom. The molecule has 3 aromatic carbocycles. The standard InChI is InChI=1S/C55H62F2N10O7/c1-5-38-41(56)9-7-35-25-37(74-33-72-4)27-39(46(35)38)48-47(57)49-40(28-58-48)50(66-18-6-15-54(2,71)30-66)61-52(60-49)73-32-55(16-17-55)31-64-23-21-63(22-24-64)29-34-13-19-65(20-14-34)36-8-10-42-44(26-36)62(3)53(70)67(42)43-11-12-45(68)59-51(43)69/h1,7-10,25-28,34,43,71H,6,11-24,29-33H2,2-4H3,(H,59,68,69)/t43?,54-/m1/s1. The number of imide groups is 1. The third kappa shape index (κ3) is 9.64. The number of hydrogen-bond donors (Lipinski definition) is 2. The largest absolute Gasteiger partial charge is 0.468 e. The van der Waals surface area contributed by atoms with Crippen LogP contribution in [0.3, 0.4) is 0 Å². The van der Waals surface area contributed by atoms with Gasteiger partial charge in [0.25, 0.3) is 0 Å². The molecule has 1 saturated carbocycles. The first kappa shape index (κ1) is 49.5. The zero-order chi connectivity index (χ0) is 51.5. The Hall–Kier alpha value is -6.72. The summed E-state index contributed by atoms with van der Waals surface area (Å²) in [6.45, 7) is 10.5. The van der Waals surface area contributed by atoms with Gasteiger partial charge in [0.05, 0.1) is 34.2 Å².